The summed E-state index contributed by atoms with van der Waals surface area (Å²) < 4.78 is 23.5. The Balaban J connectivity index is 3.77. The average Bonchev–Trinajstić information content (AvgIpc) is 1.96. The van der Waals surface area contributed by atoms with Crippen molar-refractivity contribution in [3.8, 4) is 0 Å². The molecule has 0 radical (unpaired) electrons. The summed E-state index contributed by atoms with van der Waals surface area (Å²) in [5.41, 5.74) is -0.514. The number of hydrogen-bond donors (Lipinski definition) is 1. The lowest BCUT2D eigenvalue weighted by Crippen LogP contribution is -2.33. The van der Waals surface area contributed by atoms with Gasteiger partial charge in [-0.05, 0) is 34.6 Å². The van der Waals surface area contributed by atoms with E-state index >= 15 is 0 Å². The lowest BCUT2D eigenvalue weighted by molar-refractivity contribution is -0.145. The molecule has 5 nitrogen and oxygen atoms in total. The molecule has 15 heavy (non-hydrogen) atoms. The van der Waals surface area contributed by atoms with Crippen LogP contribution in [0.2, 0.25) is 0 Å². The largest absolute Gasteiger partial charge is 0.462 e. The van der Waals surface area contributed by atoms with Crippen LogP contribution < -0.4 is 4.72 Å². The minimum Gasteiger partial charge on any atom is -0.462 e. The van der Waals surface area contributed by atoms with Crippen LogP contribution in [-0.2, 0) is 25.0 Å². The third-order valence-electron chi connectivity index (χ3n) is 1.03. The van der Waals surface area contributed by atoms with Gasteiger partial charge in [0.05, 0.1) is 11.7 Å². The zero-order valence-electron chi connectivity index (χ0n) is 9.83. The molecule has 0 heterocycles. The van der Waals surface area contributed by atoms with Crippen LogP contribution in [0.1, 0.15) is 34.6 Å². The highest BCUT2D eigenvalue weighted by Crippen LogP contribution is 2.07. The standard InChI is InChI=1S/C9H19NO4S/c1-7(2)13-8(11)6-10-15(12)14-9(3,4)5/h7,10H,6H2,1-5H3. The van der Waals surface area contributed by atoms with E-state index in [4.69, 9.17) is 8.92 Å². The molecule has 0 saturated carbocycles. The van der Waals surface area contributed by atoms with Gasteiger partial charge < -0.3 is 4.74 Å². The maximum Gasteiger partial charge on any atom is 0.321 e. The van der Waals surface area contributed by atoms with Crippen LogP contribution in [0.4, 0.5) is 0 Å². The van der Waals surface area contributed by atoms with Crippen molar-refractivity contribution in [2.24, 2.45) is 0 Å². The van der Waals surface area contributed by atoms with Gasteiger partial charge in [-0.3, -0.25) is 8.98 Å². The lowest BCUT2D eigenvalue weighted by atomic mass is 10.2. The Labute approximate surface area is 93.3 Å². The molecule has 0 fully saturated rings. The van der Waals surface area contributed by atoms with Crippen molar-refractivity contribution < 1.29 is 17.9 Å². The molecule has 0 aliphatic heterocycles. The second kappa shape index (κ2) is 6.19. The third kappa shape index (κ3) is 9.84. The van der Waals surface area contributed by atoms with Crippen molar-refractivity contribution in [3.05, 3.63) is 0 Å². The van der Waals surface area contributed by atoms with Crippen LogP contribution in [0.3, 0.4) is 0 Å². The molecule has 0 aromatic rings. The molecule has 6 heteroatoms. The smallest absolute Gasteiger partial charge is 0.321 e. The average molecular weight is 237 g/mol. The molecule has 0 aromatic heterocycles. The molecule has 0 amide bonds. The zero-order valence-corrected chi connectivity index (χ0v) is 10.6. The fraction of sp³-hybridized carbons (Fsp3) is 0.889. The number of rotatable bonds is 5. The lowest BCUT2D eigenvalue weighted by Gasteiger charge is -2.17. The first kappa shape index (κ1) is 14.5. The van der Waals surface area contributed by atoms with Crippen molar-refractivity contribution in [3.63, 3.8) is 0 Å². The molecule has 0 aliphatic carbocycles. The number of esters is 1. The van der Waals surface area contributed by atoms with E-state index < -0.39 is 22.8 Å². The Morgan fingerprint density at radius 1 is 1.40 bits per heavy atom. The zero-order chi connectivity index (χ0) is 12.1. The Morgan fingerprint density at radius 2 is 1.93 bits per heavy atom. The third-order valence-corrected chi connectivity index (χ3v) is 2.06. The molecule has 1 N–H and O–H groups in total. The van der Waals surface area contributed by atoms with Crippen LogP contribution in [-0.4, -0.2) is 28.4 Å². The van der Waals surface area contributed by atoms with E-state index in [-0.39, 0.29) is 12.6 Å². The van der Waals surface area contributed by atoms with Gasteiger partial charge in [-0.1, -0.05) is 0 Å². The van der Waals surface area contributed by atoms with Crippen LogP contribution in [0.5, 0.6) is 0 Å². The number of ether oxygens (including phenoxy) is 1. The predicted molar refractivity (Wildman–Crippen MR) is 58.2 cm³/mol. The van der Waals surface area contributed by atoms with E-state index in [9.17, 15) is 9.00 Å². The second-order valence-electron chi connectivity index (χ2n) is 4.29. The second-order valence-corrected chi connectivity index (χ2v) is 5.21. The maximum absolute atomic E-state index is 11.2. The predicted octanol–water partition coefficient (Wildman–Crippen LogP) is 0.921. The summed E-state index contributed by atoms with van der Waals surface area (Å²) in [7, 11) is 0. The summed E-state index contributed by atoms with van der Waals surface area (Å²) in [4.78, 5) is 11.0. The van der Waals surface area contributed by atoms with Gasteiger partial charge in [0.2, 0.25) is 11.3 Å². The molecule has 1 unspecified atom stereocenters. The van der Waals surface area contributed by atoms with Gasteiger partial charge in [0, 0.05) is 0 Å². The first-order valence-corrected chi connectivity index (χ1v) is 5.82. The Hall–Kier alpha value is -0.460. The summed E-state index contributed by atoms with van der Waals surface area (Å²) in [6.07, 6.45) is -0.170. The summed E-state index contributed by atoms with van der Waals surface area (Å²) in [5, 5.41) is 0. The Morgan fingerprint density at radius 3 is 2.33 bits per heavy atom. The van der Waals surface area contributed by atoms with Crippen molar-refractivity contribution in [2.75, 3.05) is 6.54 Å². The minimum absolute atomic E-state index is 0.124. The van der Waals surface area contributed by atoms with Gasteiger partial charge in [-0.25, -0.2) is 8.93 Å². The Kier molecular flexibility index (Phi) is 6.00. The van der Waals surface area contributed by atoms with Gasteiger partial charge >= 0.3 is 5.97 Å². The summed E-state index contributed by atoms with van der Waals surface area (Å²) >= 11 is -1.68. The highest BCUT2D eigenvalue weighted by Gasteiger charge is 2.16. The molecule has 0 aromatic carbocycles. The van der Waals surface area contributed by atoms with E-state index in [2.05, 4.69) is 4.72 Å². The quantitative estimate of drug-likeness (QED) is 0.722. The molecule has 0 rings (SSSR count). The molecular formula is C9H19NO4S. The number of carbonyl (C=O) groups is 1. The molecule has 90 valence electrons. The molecule has 0 aliphatic rings. The SMILES string of the molecule is CC(C)OC(=O)CNS(=O)OC(C)(C)C. The highest BCUT2D eigenvalue weighted by atomic mass is 32.2. The maximum atomic E-state index is 11.2. The molecular weight excluding hydrogens is 218 g/mol. The van der Waals surface area contributed by atoms with Crippen LogP contribution in [0.25, 0.3) is 0 Å². The number of nitrogens with one attached hydrogen (secondary N) is 1. The fourth-order valence-electron chi connectivity index (χ4n) is 0.679. The van der Waals surface area contributed by atoms with Crippen molar-refractivity contribution in [1.82, 2.24) is 4.72 Å². The van der Waals surface area contributed by atoms with Crippen molar-refractivity contribution >= 4 is 17.2 Å². The molecule has 0 bridgehead atoms. The van der Waals surface area contributed by atoms with Crippen molar-refractivity contribution in [2.45, 2.75) is 46.3 Å². The van der Waals surface area contributed by atoms with Gasteiger partial charge in [-0.2, -0.15) is 0 Å². The van der Waals surface area contributed by atoms with E-state index in [1.54, 1.807) is 34.6 Å². The summed E-state index contributed by atoms with van der Waals surface area (Å²) in [5.74, 6) is -0.448. The van der Waals surface area contributed by atoms with Crippen LogP contribution >= 0.6 is 0 Å². The topological polar surface area (TPSA) is 64.6 Å². The van der Waals surface area contributed by atoms with Crippen LogP contribution in [0.15, 0.2) is 0 Å². The minimum atomic E-state index is -1.68. The number of carbonyl (C=O) groups excluding carboxylic acids is 1. The van der Waals surface area contributed by atoms with Gasteiger partial charge in [0.25, 0.3) is 0 Å². The summed E-state index contributed by atoms with van der Waals surface area (Å²) in [6, 6.07) is 0. The van der Waals surface area contributed by atoms with E-state index in [1.807, 2.05) is 0 Å². The monoisotopic (exact) mass is 237 g/mol. The van der Waals surface area contributed by atoms with Crippen LogP contribution in [0, 0.1) is 0 Å². The first-order chi connectivity index (χ1) is 6.70. The van der Waals surface area contributed by atoms with Gasteiger partial charge in [-0.15, -0.1) is 0 Å². The molecule has 1 atom stereocenters. The molecule has 0 saturated heterocycles. The number of hydrogen-bond acceptors (Lipinski definition) is 4. The normalized spacial score (nSPS) is 14.0. The van der Waals surface area contributed by atoms with E-state index in [1.165, 1.54) is 0 Å². The molecule has 0 spiro atoms. The van der Waals surface area contributed by atoms with Gasteiger partial charge in [0.15, 0.2) is 0 Å². The highest BCUT2D eigenvalue weighted by molar-refractivity contribution is 7.78. The van der Waals surface area contributed by atoms with Crippen molar-refractivity contribution in [1.29, 1.82) is 0 Å². The van der Waals surface area contributed by atoms with E-state index in [0.29, 0.717) is 0 Å². The van der Waals surface area contributed by atoms with Gasteiger partial charge in [0.1, 0.15) is 6.54 Å². The Bertz CT molecular complexity index is 235. The first-order valence-electron chi connectivity index (χ1n) is 4.75. The van der Waals surface area contributed by atoms with E-state index in [0.717, 1.165) is 0 Å². The fourth-order valence-corrected chi connectivity index (χ4v) is 1.43. The summed E-state index contributed by atoms with van der Waals surface area (Å²) in [6.45, 7) is 8.71.